The normalized spacial score (nSPS) is 18.6. The van der Waals surface area contributed by atoms with E-state index < -0.39 is 5.79 Å². The zero-order valence-electron chi connectivity index (χ0n) is 21.1. The van der Waals surface area contributed by atoms with E-state index >= 15 is 0 Å². The van der Waals surface area contributed by atoms with Crippen LogP contribution in [0.2, 0.25) is 0 Å². The van der Waals surface area contributed by atoms with Gasteiger partial charge in [0.1, 0.15) is 11.6 Å². The maximum Gasteiger partial charge on any atom is 0.246 e. The van der Waals surface area contributed by atoms with Crippen molar-refractivity contribution < 1.29 is 19.0 Å². The van der Waals surface area contributed by atoms with Gasteiger partial charge in [-0.15, -0.1) is 0 Å². The SMILES string of the molecule is C=C(/N=C(\ON)c1cnc(OCC)c(C#N)c1)c1ccc2c(c1)CCN(C1COC(C)(C)OC1)CC2. The van der Waals surface area contributed by atoms with Gasteiger partial charge in [0.05, 0.1) is 37.1 Å². The summed E-state index contributed by atoms with van der Waals surface area (Å²) in [7, 11) is 0. The molecule has 2 aliphatic rings. The summed E-state index contributed by atoms with van der Waals surface area (Å²) < 4.78 is 17.1. The highest BCUT2D eigenvalue weighted by molar-refractivity contribution is 5.97. The molecule has 190 valence electrons. The first-order valence-electron chi connectivity index (χ1n) is 12.1. The van der Waals surface area contributed by atoms with E-state index in [-0.39, 0.29) is 23.4 Å². The quantitative estimate of drug-likeness (QED) is 0.372. The number of fused-ring (bicyclic) bond motifs is 1. The smallest absolute Gasteiger partial charge is 0.246 e. The van der Waals surface area contributed by atoms with Crippen LogP contribution in [0.25, 0.3) is 5.70 Å². The maximum absolute atomic E-state index is 9.43. The molecule has 4 rings (SSSR count). The van der Waals surface area contributed by atoms with E-state index in [1.165, 1.54) is 17.3 Å². The van der Waals surface area contributed by atoms with Crippen molar-refractivity contribution >= 4 is 11.6 Å². The van der Waals surface area contributed by atoms with Crippen molar-refractivity contribution in [3.63, 3.8) is 0 Å². The van der Waals surface area contributed by atoms with Gasteiger partial charge in [0.25, 0.3) is 0 Å². The van der Waals surface area contributed by atoms with Crippen LogP contribution in [0.5, 0.6) is 5.88 Å². The van der Waals surface area contributed by atoms with Crippen LogP contribution in [-0.2, 0) is 27.2 Å². The van der Waals surface area contributed by atoms with Crippen molar-refractivity contribution in [2.75, 3.05) is 32.9 Å². The molecule has 3 heterocycles. The van der Waals surface area contributed by atoms with Gasteiger partial charge in [-0.2, -0.15) is 11.2 Å². The van der Waals surface area contributed by atoms with E-state index in [0.29, 0.717) is 31.1 Å². The third kappa shape index (κ3) is 5.91. The predicted molar refractivity (Wildman–Crippen MR) is 136 cm³/mol. The number of ether oxygens (including phenoxy) is 3. The molecule has 0 saturated carbocycles. The number of nitriles is 1. The van der Waals surface area contributed by atoms with Crippen LogP contribution in [0.15, 0.2) is 42.0 Å². The predicted octanol–water partition coefficient (Wildman–Crippen LogP) is 3.21. The summed E-state index contributed by atoms with van der Waals surface area (Å²) in [5.74, 6) is 5.38. The Bertz CT molecular complexity index is 1180. The van der Waals surface area contributed by atoms with Gasteiger partial charge in [0, 0.05) is 19.3 Å². The van der Waals surface area contributed by atoms with Gasteiger partial charge in [-0.05, 0) is 62.4 Å². The molecule has 2 N–H and O–H groups in total. The third-order valence-electron chi connectivity index (χ3n) is 6.49. The number of rotatable bonds is 6. The van der Waals surface area contributed by atoms with Crippen LogP contribution in [-0.4, -0.2) is 60.5 Å². The molecule has 0 radical (unpaired) electrons. The van der Waals surface area contributed by atoms with Crippen molar-refractivity contribution in [3.8, 4) is 11.9 Å². The van der Waals surface area contributed by atoms with Crippen molar-refractivity contribution in [2.45, 2.75) is 45.4 Å². The van der Waals surface area contributed by atoms with Crippen LogP contribution >= 0.6 is 0 Å². The van der Waals surface area contributed by atoms with E-state index in [4.69, 9.17) is 24.9 Å². The Balaban J connectivity index is 1.48. The highest BCUT2D eigenvalue weighted by Gasteiger charge is 2.32. The van der Waals surface area contributed by atoms with Gasteiger partial charge < -0.3 is 19.0 Å². The number of aliphatic imine (C=N–C) groups is 1. The summed E-state index contributed by atoms with van der Waals surface area (Å²) in [6, 6.07) is 10.2. The first-order valence-corrected chi connectivity index (χ1v) is 12.1. The molecule has 0 aliphatic carbocycles. The molecule has 1 saturated heterocycles. The van der Waals surface area contributed by atoms with Gasteiger partial charge in [0.2, 0.25) is 11.8 Å². The lowest BCUT2D eigenvalue weighted by atomic mass is 9.99. The fourth-order valence-corrected chi connectivity index (χ4v) is 4.43. The first-order chi connectivity index (χ1) is 17.3. The minimum Gasteiger partial charge on any atom is -0.477 e. The molecule has 1 fully saturated rings. The van der Waals surface area contributed by atoms with Crippen molar-refractivity contribution in [1.29, 1.82) is 5.26 Å². The minimum atomic E-state index is -0.509. The van der Waals surface area contributed by atoms with Gasteiger partial charge in [0.15, 0.2) is 5.79 Å². The number of nitrogens with zero attached hydrogens (tertiary/aromatic N) is 4. The molecule has 1 aromatic carbocycles. The summed E-state index contributed by atoms with van der Waals surface area (Å²) >= 11 is 0. The van der Waals surface area contributed by atoms with Gasteiger partial charge in [-0.25, -0.2) is 9.98 Å². The molecule has 0 bridgehead atoms. The second kappa shape index (κ2) is 11.2. The summed E-state index contributed by atoms with van der Waals surface area (Å²) in [6.07, 6.45) is 3.38. The zero-order chi connectivity index (χ0) is 25.7. The molecule has 0 amide bonds. The first kappa shape index (κ1) is 25.8. The highest BCUT2D eigenvalue weighted by atomic mass is 16.7. The van der Waals surface area contributed by atoms with Crippen molar-refractivity contribution in [3.05, 3.63) is 64.9 Å². The fourth-order valence-electron chi connectivity index (χ4n) is 4.43. The summed E-state index contributed by atoms with van der Waals surface area (Å²) in [5.41, 5.74) is 4.71. The van der Waals surface area contributed by atoms with Crippen LogP contribution in [0.1, 0.15) is 48.6 Å². The van der Waals surface area contributed by atoms with Crippen LogP contribution < -0.4 is 10.6 Å². The Labute approximate surface area is 212 Å². The molecular weight excluding hydrogens is 458 g/mol. The molecule has 0 atom stereocenters. The number of hydrogen-bond acceptors (Lipinski definition) is 9. The molecule has 9 heteroatoms. The Kier molecular flexibility index (Phi) is 8.01. The zero-order valence-corrected chi connectivity index (χ0v) is 21.1. The van der Waals surface area contributed by atoms with Gasteiger partial charge >= 0.3 is 0 Å². The molecule has 0 unspecified atom stereocenters. The van der Waals surface area contributed by atoms with Crippen molar-refractivity contribution in [1.82, 2.24) is 9.88 Å². The Morgan fingerprint density at radius 1 is 1.22 bits per heavy atom. The standard InChI is InChI=1S/C27H33N5O4/c1-5-33-25-22(14-28)13-23(15-30-25)26(36-29)31-18(2)20-7-6-19-8-10-32(11-9-21(19)12-20)24-16-34-27(3,4)35-17-24/h6-7,12-13,15,24H,2,5,8-11,16-17,29H2,1,3-4H3/b31-26-. The third-order valence-corrected chi connectivity index (χ3v) is 6.49. The van der Waals surface area contributed by atoms with Crippen molar-refractivity contribution in [2.24, 2.45) is 10.9 Å². The fraction of sp³-hybridized carbons (Fsp3) is 0.444. The van der Waals surface area contributed by atoms with E-state index in [2.05, 4.69) is 39.7 Å². The largest absolute Gasteiger partial charge is 0.477 e. The number of pyridine rings is 1. The molecule has 9 nitrogen and oxygen atoms in total. The molecule has 36 heavy (non-hydrogen) atoms. The summed E-state index contributed by atoms with van der Waals surface area (Å²) in [4.78, 5) is 16.2. The second-order valence-corrected chi connectivity index (χ2v) is 9.30. The van der Waals surface area contributed by atoms with E-state index in [1.807, 2.05) is 26.8 Å². The molecule has 1 aromatic heterocycles. The average Bonchev–Trinajstić information content (AvgIpc) is 3.10. The van der Waals surface area contributed by atoms with Gasteiger partial charge in [-0.1, -0.05) is 18.7 Å². The maximum atomic E-state index is 9.43. The topological polar surface area (TPSA) is 115 Å². The Morgan fingerprint density at radius 2 is 1.94 bits per heavy atom. The highest BCUT2D eigenvalue weighted by Crippen LogP contribution is 2.26. The van der Waals surface area contributed by atoms with E-state index in [0.717, 1.165) is 31.5 Å². The number of nitrogens with two attached hydrogens (primary N) is 1. The van der Waals surface area contributed by atoms with Crippen LogP contribution in [0.3, 0.4) is 0 Å². The second-order valence-electron chi connectivity index (χ2n) is 9.30. The Hall–Kier alpha value is -3.29. The van der Waals surface area contributed by atoms with E-state index in [9.17, 15) is 5.26 Å². The van der Waals surface area contributed by atoms with Gasteiger partial charge in [-0.3, -0.25) is 4.90 Å². The lowest BCUT2D eigenvalue weighted by molar-refractivity contribution is -0.263. The number of benzene rings is 1. The van der Waals surface area contributed by atoms with Crippen LogP contribution in [0, 0.1) is 11.3 Å². The summed E-state index contributed by atoms with van der Waals surface area (Å²) in [6.45, 7) is 13.5. The number of hydrogen-bond donors (Lipinski definition) is 1. The van der Waals surface area contributed by atoms with Crippen LogP contribution in [0.4, 0.5) is 0 Å². The lowest BCUT2D eigenvalue weighted by Gasteiger charge is -2.39. The van der Waals surface area contributed by atoms with E-state index in [1.54, 1.807) is 6.07 Å². The molecule has 0 spiro atoms. The summed E-state index contributed by atoms with van der Waals surface area (Å²) in [5, 5.41) is 9.43. The average molecular weight is 492 g/mol. The number of aromatic nitrogens is 1. The minimum absolute atomic E-state index is 0.119. The molecular formula is C27H33N5O4. The molecule has 2 aliphatic heterocycles. The molecule has 2 aromatic rings. The lowest BCUT2D eigenvalue weighted by Crippen LogP contribution is -2.51. The Morgan fingerprint density at radius 3 is 2.61 bits per heavy atom. The monoisotopic (exact) mass is 491 g/mol.